The van der Waals surface area contributed by atoms with Crippen LogP contribution in [0.1, 0.15) is 24.8 Å². The maximum absolute atomic E-state index is 11.8. The van der Waals surface area contributed by atoms with Crippen molar-refractivity contribution in [1.82, 2.24) is 15.0 Å². The third kappa shape index (κ3) is 1.89. The molecule has 0 spiro atoms. The Morgan fingerprint density at radius 2 is 1.95 bits per heavy atom. The van der Waals surface area contributed by atoms with Crippen molar-refractivity contribution >= 4 is 28.4 Å². The van der Waals surface area contributed by atoms with Gasteiger partial charge in [-0.05, 0) is 24.6 Å². The lowest BCUT2D eigenvalue weighted by atomic mass is 9.90. The number of nitrogens with zero attached hydrogens (tertiary/aromatic N) is 3. The van der Waals surface area contributed by atoms with E-state index in [1.807, 2.05) is 0 Å². The van der Waals surface area contributed by atoms with Crippen LogP contribution in [-0.2, 0) is 16.6 Å². The van der Waals surface area contributed by atoms with E-state index in [-0.39, 0.29) is 22.9 Å². The smallest absolute Gasteiger partial charge is 0.170 e. The molecule has 6 nitrogen and oxygen atoms in total. The standard InChI is InChI=1S/C14H13N3O3/c1-17-10-6-5-8(7-9(10)15-16-17)14(20)13-11(18)3-2-4-12(13)19/h5-7,20H,2-4H2,1H3. The van der Waals surface area contributed by atoms with E-state index in [4.69, 9.17) is 0 Å². The lowest BCUT2D eigenvalue weighted by Crippen LogP contribution is -2.20. The summed E-state index contributed by atoms with van der Waals surface area (Å²) in [6.07, 6.45) is 1.16. The minimum Gasteiger partial charge on any atom is -0.506 e. The molecule has 0 unspecified atom stereocenters. The number of Topliss-reactive ketones (excluding diaryl/α,β-unsaturated/α-hetero) is 2. The Kier molecular flexibility index (Phi) is 2.85. The van der Waals surface area contributed by atoms with Crippen LogP contribution >= 0.6 is 0 Å². The fraction of sp³-hybridized carbons (Fsp3) is 0.286. The van der Waals surface area contributed by atoms with E-state index < -0.39 is 0 Å². The molecule has 1 heterocycles. The van der Waals surface area contributed by atoms with Crippen molar-refractivity contribution < 1.29 is 14.7 Å². The largest absolute Gasteiger partial charge is 0.506 e. The average molecular weight is 271 g/mol. The molecule has 1 N–H and O–H groups in total. The summed E-state index contributed by atoms with van der Waals surface area (Å²) in [6, 6.07) is 5.03. The highest BCUT2D eigenvalue weighted by Crippen LogP contribution is 2.26. The second kappa shape index (κ2) is 4.56. The van der Waals surface area contributed by atoms with Crippen molar-refractivity contribution in [2.75, 3.05) is 0 Å². The zero-order valence-corrected chi connectivity index (χ0v) is 11.0. The Hall–Kier alpha value is -2.50. The fourth-order valence-electron chi connectivity index (χ4n) is 2.41. The SMILES string of the molecule is Cn1nnc2cc(C(O)=C3C(=O)CCCC3=O)ccc21. The van der Waals surface area contributed by atoms with E-state index in [1.54, 1.807) is 29.9 Å². The summed E-state index contributed by atoms with van der Waals surface area (Å²) in [5.74, 6) is -0.844. The molecule has 1 fully saturated rings. The Bertz CT molecular complexity index is 740. The van der Waals surface area contributed by atoms with Gasteiger partial charge in [-0.1, -0.05) is 5.21 Å². The number of ketones is 2. The summed E-state index contributed by atoms with van der Waals surface area (Å²) >= 11 is 0. The molecule has 1 saturated carbocycles. The second-order valence-electron chi connectivity index (χ2n) is 4.84. The zero-order valence-electron chi connectivity index (χ0n) is 11.0. The minimum atomic E-state index is -0.294. The van der Waals surface area contributed by atoms with E-state index in [0.29, 0.717) is 30.3 Å². The van der Waals surface area contributed by atoms with Crippen LogP contribution in [0.5, 0.6) is 0 Å². The lowest BCUT2D eigenvalue weighted by molar-refractivity contribution is -0.123. The van der Waals surface area contributed by atoms with Crippen LogP contribution in [0.3, 0.4) is 0 Å². The molecule has 102 valence electrons. The number of allylic oxidation sites excluding steroid dienone is 1. The Morgan fingerprint density at radius 1 is 1.25 bits per heavy atom. The van der Waals surface area contributed by atoms with Crippen molar-refractivity contribution in [2.45, 2.75) is 19.3 Å². The predicted molar refractivity (Wildman–Crippen MR) is 71.9 cm³/mol. The van der Waals surface area contributed by atoms with Crippen LogP contribution in [0.2, 0.25) is 0 Å². The zero-order chi connectivity index (χ0) is 14.3. The first-order valence-electron chi connectivity index (χ1n) is 6.37. The van der Waals surface area contributed by atoms with Gasteiger partial charge in [0, 0.05) is 25.5 Å². The normalized spacial score (nSPS) is 15.9. The van der Waals surface area contributed by atoms with Gasteiger partial charge < -0.3 is 5.11 Å². The monoisotopic (exact) mass is 271 g/mol. The van der Waals surface area contributed by atoms with E-state index in [1.165, 1.54) is 0 Å². The van der Waals surface area contributed by atoms with Gasteiger partial charge in [-0.25, -0.2) is 4.68 Å². The van der Waals surface area contributed by atoms with Gasteiger partial charge >= 0.3 is 0 Å². The van der Waals surface area contributed by atoms with E-state index in [2.05, 4.69) is 10.3 Å². The molecular formula is C14H13N3O3. The average Bonchev–Trinajstić information content (AvgIpc) is 2.79. The molecule has 0 radical (unpaired) electrons. The first-order chi connectivity index (χ1) is 9.58. The summed E-state index contributed by atoms with van der Waals surface area (Å²) in [6.45, 7) is 0. The third-order valence-corrected chi connectivity index (χ3v) is 3.49. The number of aromatic nitrogens is 3. The van der Waals surface area contributed by atoms with Gasteiger partial charge in [0.15, 0.2) is 11.6 Å². The number of fused-ring (bicyclic) bond motifs is 1. The molecule has 0 bridgehead atoms. The first-order valence-corrected chi connectivity index (χ1v) is 6.37. The van der Waals surface area contributed by atoms with Gasteiger partial charge in [-0.15, -0.1) is 5.10 Å². The summed E-state index contributed by atoms with van der Waals surface area (Å²) in [7, 11) is 1.77. The topological polar surface area (TPSA) is 85.1 Å². The number of aliphatic hydroxyl groups is 1. The fourth-order valence-corrected chi connectivity index (χ4v) is 2.41. The highest BCUT2D eigenvalue weighted by Gasteiger charge is 2.27. The molecule has 1 aromatic heterocycles. The molecule has 3 rings (SSSR count). The van der Waals surface area contributed by atoms with Crippen molar-refractivity contribution in [2.24, 2.45) is 7.05 Å². The molecule has 0 atom stereocenters. The number of hydrogen-bond donors (Lipinski definition) is 1. The number of carbonyl (C=O) groups excluding carboxylic acids is 2. The lowest BCUT2D eigenvalue weighted by Gasteiger charge is -2.13. The Morgan fingerprint density at radius 3 is 2.65 bits per heavy atom. The van der Waals surface area contributed by atoms with Crippen molar-refractivity contribution in [3.63, 3.8) is 0 Å². The number of carbonyl (C=O) groups is 2. The summed E-state index contributed by atoms with van der Waals surface area (Å²) in [4.78, 5) is 23.6. The van der Waals surface area contributed by atoms with Gasteiger partial charge in [0.25, 0.3) is 0 Å². The molecule has 20 heavy (non-hydrogen) atoms. The molecule has 0 saturated heterocycles. The van der Waals surface area contributed by atoms with Crippen LogP contribution < -0.4 is 0 Å². The van der Waals surface area contributed by atoms with Crippen LogP contribution in [-0.4, -0.2) is 31.7 Å². The number of aliphatic hydroxyl groups excluding tert-OH is 1. The first kappa shape index (κ1) is 12.5. The molecule has 6 heteroatoms. The highest BCUT2D eigenvalue weighted by atomic mass is 16.3. The van der Waals surface area contributed by atoms with Crippen LogP contribution in [0, 0.1) is 0 Å². The Balaban J connectivity index is 2.13. The van der Waals surface area contributed by atoms with Gasteiger partial charge in [0.05, 0.1) is 5.52 Å². The van der Waals surface area contributed by atoms with Crippen molar-refractivity contribution in [1.29, 1.82) is 0 Å². The third-order valence-electron chi connectivity index (χ3n) is 3.49. The maximum Gasteiger partial charge on any atom is 0.170 e. The van der Waals surface area contributed by atoms with E-state index in [0.717, 1.165) is 5.52 Å². The van der Waals surface area contributed by atoms with Gasteiger partial charge in [0.1, 0.15) is 16.8 Å². The van der Waals surface area contributed by atoms with Gasteiger partial charge in [0.2, 0.25) is 0 Å². The summed E-state index contributed by atoms with van der Waals surface area (Å²) < 4.78 is 1.61. The van der Waals surface area contributed by atoms with Crippen molar-refractivity contribution in [3.05, 3.63) is 29.3 Å². The number of rotatable bonds is 1. The second-order valence-corrected chi connectivity index (χ2v) is 4.84. The summed E-state index contributed by atoms with van der Waals surface area (Å²) in [5.41, 5.74) is 1.75. The number of hydrogen-bond acceptors (Lipinski definition) is 5. The molecule has 0 amide bonds. The van der Waals surface area contributed by atoms with Crippen LogP contribution in [0.25, 0.3) is 16.8 Å². The van der Waals surface area contributed by atoms with Crippen LogP contribution in [0.15, 0.2) is 23.8 Å². The molecular weight excluding hydrogens is 258 g/mol. The molecule has 1 aromatic carbocycles. The molecule has 2 aromatic rings. The molecule has 0 aliphatic heterocycles. The Labute approximate surface area is 114 Å². The molecule has 1 aliphatic rings. The highest BCUT2D eigenvalue weighted by molar-refractivity contribution is 6.25. The van der Waals surface area contributed by atoms with Crippen molar-refractivity contribution in [3.8, 4) is 0 Å². The van der Waals surface area contributed by atoms with E-state index in [9.17, 15) is 14.7 Å². The number of aryl methyl sites for hydroxylation is 1. The molecule has 1 aliphatic carbocycles. The number of benzene rings is 1. The minimum absolute atomic E-state index is 0.0838. The van der Waals surface area contributed by atoms with E-state index >= 15 is 0 Å². The quantitative estimate of drug-likeness (QED) is 0.483. The van der Waals surface area contributed by atoms with Gasteiger partial charge in [-0.2, -0.15) is 0 Å². The predicted octanol–water partition coefficient (Wildman–Crippen LogP) is 1.56. The van der Waals surface area contributed by atoms with Crippen LogP contribution in [0.4, 0.5) is 0 Å². The summed E-state index contributed by atoms with van der Waals surface area (Å²) in [5, 5.41) is 18.1. The van der Waals surface area contributed by atoms with Gasteiger partial charge in [-0.3, -0.25) is 9.59 Å². The maximum atomic E-state index is 11.8.